The van der Waals surface area contributed by atoms with E-state index in [1.54, 1.807) is 11.3 Å². The van der Waals surface area contributed by atoms with Crippen molar-refractivity contribution in [3.63, 3.8) is 0 Å². The maximum atomic E-state index is 4.63. The number of aryl methyl sites for hydroxylation is 2. The zero-order valence-electron chi connectivity index (χ0n) is 15.5. The van der Waals surface area contributed by atoms with Crippen LogP contribution >= 0.6 is 22.7 Å². The molecule has 0 bridgehead atoms. The highest BCUT2D eigenvalue weighted by Crippen LogP contribution is 2.29. The van der Waals surface area contributed by atoms with Gasteiger partial charge in [-0.1, -0.05) is 18.2 Å². The number of nitrogens with zero attached hydrogens (tertiary/aromatic N) is 3. The maximum Gasteiger partial charge on any atom is 0.0914 e. The Kier molecular flexibility index (Phi) is 5.48. The second kappa shape index (κ2) is 8.17. The minimum absolute atomic E-state index is 0.835. The highest BCUT2D eigenvalue weighted by Gasteiger charge is 2.08. The van der Waals surface area contributed by atoms with Gasteiger partial charge in [0.25, 0.3) is 0 Å². The smallest absolute Gasteiger partial charge is 0.0914 e. The zero-order valence-corrected chi connectivity index (χ0v) is 17.1. The van der Waals surface area contributed by atoms with Crippen LogP contribution in [0.1, 0.15) is 21.1 Å². The Bertz CT molecular complexity index is 1010. The van der Waals surface area contributed by atoms with Crippen LogP contribution in [-0.4, -0.2) is 21.3 Å². The molecule has 138 valence electrons. The van der Waals surface area contributed by atoms with Gasteiger partial charge in [-0.2, -0.15) is 5.10 Å². The Morgan fingerprint density at radius 2 is 1.93 bits per heavy atom. The van der Waals surface area contributed by atoms with Crippen molar-refractivity contribution >= 4 is 22.7 Å². The van der Waals surface area contributed by atoms with Gasteiger partial charge in [0, 0.05) is 35.1 Å². The number of nitrogens with one attached hydrogen (secondary N) is 1. The Morgan fingerprint density at radius 1 is 1.07 bits per heavy atom. The van der Waals surface area contributed by atoms with Gasteiger partial charge in [-0.15, -0.1) is 22.7 Å². The molecule has 0 aliphatic rings. The van der Waals surface area contributed by atoms with Crippen molar-refractivity contribution in [3.8, 4) is 16.3 Å². The molecule has 0 unspecified atom stereocenters. The summed E-state index contributed by atoms with van der Waals surface area (Å²) in [7, 11) is 0. The molecule has 0 aliphatic carbocycles. The molecule has 1 N–H and O–H groups in total. The predicted octanol–water partition coefficient (Wildman–Crippen LogP) is 5.01. The summed E-state index contributed by atoms with van der Waals surface area (Å²) in [6.45, 7) is 5.90. The molecule has 0 aliphatic heterocycles. The first-order chi connectivity index (χ1) is 13.2. The lowest BCUT2D eigenvalue weighted by Gasteiger charge is -2.02. The molecule has 3 aromatic heterocycles. The first-order valence-corrected chi connectivity index (χ1v) is 10.7. The number of hydrogen-bond donors (Lipinski definition) is 1. The third kappa shape index (κ3) is 4.35. The van der Waals surface area contributed by atoms with E-state index in [1.807, 2.05) is 34.2 Å². The van der Waals surface area contributed by atoms with Crippen LogP contribution in [0.25, 0.3) is 16.3 Å². The van der Waals surface area contributed by atoms with Crippen LogP contribution in [0.3, 0.4) is 0 Å². The van der Waals surface area contributed by atoms with Crippen molar-refractivity contribution in [3.05, 3.63) is 75.2 Å². The molecule has 0 saturated carbocycles. The average molecular weight is 395 g/mol. The van der Waals surface area contributed by atoms with Crippen molar-refractivity contribution in [1.82, 2.24) is 20.1 Å². The lowest BCUT2D eigenvalue weighted by molar-refractivity contribution is 0.688. The number of rotatable bonds is 7. The quantitative estimate of drug-likeness (QED) is 0.448. The van der Waals surface area contributed by atoms with Gasteiger partial charge in [0.2, 0.25) is 0 Å². The fraction of sp³-hybridized carbons (Fsp3) is 0.238. The molecule has 6 heteroatoms. The lowest BCUT2D eigenvalue weighted by Crippen LogP contribution is -2.16. The molecule has 0 spiro atoms. The van der Waals surface area contributed by atoms with Crippen LogP contribution in [0.5, 0.6) is 0 Å². The molecule has 4 nitrogen and oxygen atoms in total. The average Bonchev–Trinajstić information content (AvgIpc) is 3.40. The second-order valence-electron chi connectivity index (χ2n) is 6.46. The number of para-hydroxylation sites is 1. The van der Waals surface area contributed by atoms with E-state index in [0.717, 1.165) is 41.6 Å². The molecule has 27 heavy (non-hydrogen) atoms. The van der Waals surface area contributed by atoms with Gasteiger partial charge in [-0.05, 0) is 44.5 Å². The van der Waals surface area contributed by atoms with Crippen LogP contribution in [0.2, 0.25) is 0 Å². The third-order valence-electron chi connectivity index (χ3n) is 4.42. The highest BCUT2D eigenvalue weighted by atomic mass is 32.1. The zero-order chi connectivity index (χ0) is 18.6. The highest BCUT2D eigenvalue weighted by molar-refractivity contribution is 7.16. The van der Waals surface area contributed by atoms with Gasteiger partial charge in [0.1, 0.15) is 0 Å². The van der Waals surface area contributed by atoms with E-state index in [4.69, 9.17) is 0 Å². The van der Waals surface area contributed by atoms with Crippen molar-refractivity contribution in [2.24, 2.45) is 0 Å². The molecule has 0 saturated heterocycles. The summed E-state index contributed by atoms with van der Waals surface area (Å²) in [5, 5.41) is 11.4. The summed E-state index contributed by atoms with van der Waals surface area (Å²) in [4.78, 5) is 7.22. The third-order valence-corrected chi connectivity index (χ3v) is 6.36. The van der Waals surface area contributed by atoms with Gasteiger partial charge < -0.3 is 5.32 Å². The Morgan fingerprint density at radius 3 is 2.70 bits per heavy atom. The van der Waals surface area contributed by atoms with E-state index in [0.29, 0.717) is 0 Å². The van der Waals surface area contributed by atoms with Crippen LogP contribution in [0, 0.1) is 13.8 Å². The summed E-state index contributed by atoms with van der Waals surface area (Å²) in [6, 6.07) is 14.6. The van der Waals surface area contributed by atoms with Crippen LogP contribution in [0.4, 0.5) is 0 Å². The maximum absolute atomic E-state index is 4.63. The van der Waals surface area contributed by atoms with Crippen molar-refractivity contribution < 1.29 is 0 Å². The summed E-state index contributed by atoms with van der Waals surface area (Å²) in [5.41, 5.74) is 4.51. The van der Waals surface area contributed by atoms with Gasteiger partial charge in [0.15, 0.2) is 0 Å². The number of thiophene rings is 1. The Labute approximate surface area is 167 Å². The van der Waals surface area contributed by atoms with Crippen LogP contribution < -0.4 is 5.32 Å². The number of thiazole rings is 1. The van der Waals surface area contributed by atoms with Crippen molar-refractivity contribution in [2.45, 2.75) is 26.8 Å². The molecular weight excluding hydrogens is 372 g/mol. The number of aromatic nitrogens is 3. The minimum Gasteiger partial charge on any atom is -0.312 e. The summed E-state index contributed by atoms with van der Waals surface area (Å²) in [6.07, 6.45) is 3.14. The molecular formula is C21H22N4S2. The van der Waals surface area contributed by atoms with Crippen LogP contribution in [-0.2, 0) is 13.0 Å². The van der Waals surface area contributed by atoms with Gasteiger partial charge in [0.05, 0.1) is 27.0 Å². The Balaban J connectivity index is 1.31. The second-order valence-corrected chi connectivity index (χ2v) is 8.69. The number of benzene rings is 1. The van der Waals surface area contributed by atoms with Gasteiger partial charge in [-0.3, -0.25) is 0 Å². The van der Waals surface area contributed by atoms with E-state index in [-0.39, 0.29) is 0 Å². The molecule has 0 radical (unpaired) electrons. The first-order valence-electron chi connectivity index (χ1n) is 9.01. The molecule has 3 heterocycles. The van der Waals surface area contributed by atoms with Gasteiger partial charge in [-0.25, -0.2) is 9.67 Å². The van der Waals surface area contributed by atoms with Crippen molar-refractivity contribution in [1.29, 1.82) is 0 Å². The summed E-state index contributed by atoms with van der Waals surface area (Å²) < 4.78 is 1.95. The Hall–Kier alpha value is -2.28. The summed E-state index contributed by atoms with van der Waals surface area (Å²) in [5.74, 6) is 0. The topological polar surface area (TPSA) is 42.7 Å². The molecule has 0 amide bonds. The SMILES string of the molecule is Cc1nc(-c2ccc(CCNCc3cn(-c4ccccc4)nc3C)s2)cs1. The first kappa shape index (κ1) is 18.1. The van der Waals surface area contributed by atoms with Crippen molar-refractivity contribution in [2.75, 3.05) is 6.54 Å². The largest absolute Gasteiger partial charge is 0.312 e. The van der Waals surface area contributed by atoms with E-state index in [1.165, 1.54) is 15.3 Å². The molecule has 1 aromatic carbocycles. The molecule has 4 aromatic rings. The molecule has 4 rings (SSSR count). The monoisotopic (exact) mass is 394 g/mol. The fourth-order valence-electron chi connectivity index (χ4n) is 2.94. The van der Waals surface area contributed by atoms with E-state index in [9.17, 15) is 0 Å². The van der Waals surface area contributed by atoms with Gasteiger partial charge >= 0.3 is 0 Å². The minimum atomic E-state index is 0.835. The molecule has 0 fully saturated rings. The van der Waals surface area contributed by atoms with E-state index < -0.39 is 0 Å². The number of hydrogen-bond acceptors (Lipinski definition) is 5. The fourth-order valence-corrected chi connectivity index (χ4v) is 4.60. The summed E-state index contributed by atoms with van der Waals surface area (Å²) >= 11 is 3.54. The van der Waals surface area contributed by atoms with Crippen LogP contribution in [0.15, 0.2) is 54.0 Å². The standard InChI is InChI=1S/C21H22N4S2/c1-15-17(13-25(24-15)18-6-4-3-5-7-18)12-22-11-10-19-8-9-21(27-19)20-14-26-16(2)23-20/h3-9,13-14,22H,10-12H2,1-2H3. The normalized spacial score (nSPS) is 11.2. The lowest BCUT2D eigenvalue weighted by atomic mass is 10.2. The predicted molar refractivity (Wildman–Crippen MR) is 114 cm³/mol. The van der Waals surface area contributed by atoms with E-state index >= 15 is 0 Å². The van der Waals surface area contributed by atoms with E-state index in [2.05, 4.69) is 65.1 Å². The molecule has 0 atom stereocenters.